The van der Waals surface area contributed by atoms with Crippen molar-refractivity contribution < 1.29 is 23.0 Å². The summed E-state index contributed by atoms with van der Waals surface area (Å²) in [4.78, 5) is 11.1. The Morgan fingerprint density at radius 3 is 2.67 bits per heavy atom. The van der Waals surface area contributed by atoms with Gasteiger partial charge in [0, 0.05) is 6.04 Å². The Balaban J connectivity index is 2.68. The predicted molar refractivity (Wildman–Crippen MR) is 62.8 cm³/mol. The third-order valence-electron chi connectivity index (χ3n) is 2.21. The van der Waals surface area contributed by atoms with E-state index in [0.29, 0.717) is 5.69 Å². The van der Waals surface area contributed by atoms with E-state index >= 15 is 0 Å². The summed E-state index contributed by atoms with van der Waals surface area (Å²) in [5, 5.41) is 2.92. The van der Waals surface area contributed by atoms with Gasteiger partial charge in [0.15, 0.2) is 0 Å². The highest BCUT2D eigenvalue weighted by atomic mass is 19.3. The molecule has 0 amide bonds. The van der Waals surface area contributed by atoms with E-state index in [-0.39, 0.29) is 24.2 Å². The number of hydrogen-bond donors (Lipinski definition) is 1. The van der Waals surface area contributed by atoms with Gasteiger partial charge in [0.25, 0.3) is 0 Å². The molecule has 0 spiro atoms. The quantitative estimate of drug-likeness (QED) is 0.798. The van der Waals surface area contributed by atoms with Crippen molar-refractivity contribution in [1.29, 1.82) is 0 Å². The zero-order chi connectivity index (χ0) is 13.5. The number of esters is 1. The molecule has 0 saturated heterocycles. The third-order valence-corrected chi connectivity index (χ3v) is 2.21. The van der Waals surface area contributed by atoms with E-state index in [9.17, 15) is 13.6 Å². The first kappa shape index (κ1) is 14.2. The van der Waals surface area contributed by atoms with E-state index in [1.165, 1.54) is 13.2 Å². The van der Waals surface area contributed by atoms with Crippen molar-refractivity contribution in [3.8, 4) is 5.75 Å². The molecule has 0 aliphatic heterocycles. The van der Waals surface area contributed by atoms with Gasteiger partial charge < -0.3 is 14.8 Å². The first-order valence-corrected chi connectivity index (χ1v) is 5.40. The minimum Gasteiger partial charge on any atom is -0.469 e. The Labute approximate surface area is 104 Å². The molecule has 0 aromatic heterocycles. The molecule has 1 atom stereocenters. The van der Waals surface area contributed by atoms with Gasteiger partial charge in [0.2, 0.25) is 0 Å². The van der Waals surface area contributed by atoms with Crippen LogP contribution in [-0.2, 0) is 9.53 Å². The van der Waals surface area contributed by atoms with Gasteiger partial charge in [-0.2, -0.15) is 8.78 Å². The van der Waals surface area contributed by atoms with Crippen molar-refractivity contribution in [3.05, 3.63) is 24.3 Å². The van der Waals surface area contributed by atoms with Gasteiger partial charge >= 0.3 is 12.6 Å². The minimum absolute atomic E-state index is 0.0456. The summed E-state index contributed by atoms with van der Waals surface area (Å²) >= 11 is 0. The van der Waals surface area contributed by atoms with Gasteiger partial charge in [-0.3, -0.25) is 4.79 Å². The first-order chi connectivity index (χ1) is 8.52. The summed E-state index contributed by atoms with van der Waals surface area (Å²) in [6.45, 7) is -1.14. The highest BCUT2D eigenvalue weighted by Gasteiger charge is 2.13. The number of carbonyl (C=O) groups excluding carboxylic acids is 1. The normalized spacial score (nSPS) is 12.1. The smallest absolute Gasteiger partial charge is 0.387 e. The zero-order valence-electron chi connectivity index (χ0n) is 10.2. The number of hydrogen-bond acceptors (Lipinski definition) is 4. The Hall–Kier alpha value is -1.85. The van der Waals surface area contributed by atoms with Gasteiger partial charge in [0.1, 0.15) is 5.75 Å². The fraction of sp³-hybridized carbons (Fsp3) is 0.417. The first-order valence-electron chi connectivity index (χ1n) is 5.40. The van der Waals surface area contributed by atoms with Crippen molar-refractivity contribution in [2.75, 3.05) is 12.4 Å². The lowest BCUT2D eigenvalue weighted by atomic mass is 10.2. The Morgan fingerprint density at radius 1 is 1.39 bits per heavy atom. The lowest BCUT2D eigenvalue weighted by Crippen LogP contribution is -2.21. The molecule has 0 aliphatic carbocycles. The molecule has 0 radical (unpaired) electrons. The largest absolute Gasteiger partial charge is 0.469 e. The number of halogens is 2. The molecule has 1 N–H and O–H groups in total. The van der Waals surface area contributed by atoms with Crippen LogP contribution in [0.2, 0.25) is 0 Å². The molecule has 0 heterocycles. The molecule has 1 aromatic carbocycles. The number of methoxy groups -OCH3 is 1. The highest BCUT2D eigenvalue weighted by molar-refractivity contribution is 5.70. The van der Waals surface area contributed by atoms with Gasteiger partial charge in [-0.1, -0.05) is 12.1 Å². The molecule has 6 heteroatoms. The van der Waals surface area contributed by atoms with Crippen molar-refractivity contribution in [1.82, 2.24) is 0 Å². The van der Waals surface area contributed by atoms with Crippen LogP contribution in [-0.4, -0.2) is 25.7 Å². The summed E-state index contributed by atoms with van der Waals surface area (Å²) in [5.74, 6) is -0.327. The predicted octanol–water partition coefficient (Wildman–Crippen LogP) is 2.65. The van der Waals surface area contributed by atoms with E-state index in [2.05, 4.69) is 14.8 Å². The molecule has 0 saturated carbocycles. The SMILES string of the molecule is COC(=O)CC(C)Nc1ccccc1OC(F)F. The fourth-order valence-corrected chi connectivity index (χ4v) is 1.43. The van der Waals surface area contributed by atoms with E-state index in [1.807, 2.05) is 0 Å². The Morgan fingerprint density at radius 2 is 2.06 bits per heavy atom. The summed E-state index contributed by atoms with van der Waals surface area (Å²) in [7, 11) is 1.29. The van der Waals surface area contributed by atoms with Crippen LogP contribution in [0.25, 0.3) is 0 Å². The van der Waals surface area contributed by atoms with Gasteiger partial charge in [0.05, 0.1) is 19.2 Å². The third kappa shape index (κ3) is 4.57. The van der Waals surface area contributed by atoms with Crippen LogP contribution in [0.15, 0.2) is 24.3 Å². The number of ether oxygens (including phenoxy) is 2. The van der Waals surface area contributed by atoms with Crippen LogP contribution in [0.5, 0.6) is 5.75 Å². The van der Waals surface area contributed by atoms with E-state index < -0.39 is 6.61 Å². The maximum atomic E-state index is 12.2. The second-order valence-corrected chi connectivity index (χ2v) is 3.70. The minimum atomic E-state index is -2.89. The molecule has 18 heavy (non-hydrogen) atoms. The molecular formula is C12H15F2NO3. The lowest BCUT2D eigenvalue weighted by Gasteiger charge is -2.17. The standard InChI is InChI=1S/C12H15F2NO3/c1-8(7-11(16)17-2)15-9-5-3-4-6-10(9)18-12(13)14/h3-6,8,12,15H,7H2,1-2H3. The zero-order valence-corrected chi connectivity index (χ0v) is 10.2. The highest BCUT2D eigenvalue weighted by Crippen LogP contribution is 2.26. The van der Waals surface area contributed by atoms with Crippen LogP contribution in [0.4, 0.5) is 14.5 Å². The van der Waals surface area contributed by atoms with Crippen LogP contribution >= 0.6 is 0 Å². The molecule has 0 fully saturated rings. The molecule has 0 bridgehead atoms. The topological polar surface area (TPSA) is 47.6 Å². The number of anilines is 1. The number of alkyl halides is 2. The molecular weight excluding hydrogens is 244 g/mol. The van der Waals surface area contributed by atoms with Crippen LogP contribution in [0, 0.1) is 0 Å². The fourth-order valence-electron chi connectivity index (χ4n) is 1.43. The van der Waals surface area contributed by atoms with Crippen molar-refractivity contribution >= 4 is 11.7 Å². The molecule has 1 unspecified atom stereocenters. The van der Waals surface area contributed by atoms with E-state index in [4.69, 9.17) is 0 Å². The number of carbonyl (C=O) groups is 1. The summed E-state index contributed by atoms with van der Waals surface area (Å²) in [6, 6.07) is 6.06. The Kier molecular flexibility index (Phi) is 5.35. The monoisotopic (exact) mass is 259 g/mol. The van der Waals surface area contributed by atoms with E-state index in [0.717, 1.165) is 0 Å². The van der Waals surface area contributed by atoms with E-state index in [1.54, 1.807) is 25.1 Å². The van der Waals surface area contributed by atoms with Crippen LogP contribution in [0.3, 0.4) is 0 Å². The maximum Gasteiger partial charge on any atom is 0.387 e. The van der Waals surface area contributed by atoms with Crippen molar-refractivity contribution in [2.45, 2.75) is 26.0 Å². The van der Waals surface area contributed by atoms with Gasteiger partial charge in [-0.25, -0.2) is 0 Å². The lowest BCUT2D eigenvalue weighted by molar-refractivity contribution is -0.140. The van der Waals surface area contributed by atoms with Gasteiger partial charge in [-0.05, 0) is 19.1 Å². The second kappa shape index (κ2) is 6.78. The second-order valence-electron chi connectivity index (χ2n) is 3.70. The van der Waals surface area contributed by atoms with Crippen molar-refractivity contribution in [3.63, 3.8) is 0 Å². The Bertz CT molecular complexity index is 399. The average Bonchev–Trinajstić information content (AvgIpc) is 2.30. The van der Waals surface area contributed by atoms with Gasteiger partial charge in [-0.15, -0.1) is 0 Å². The number of nitrogens with one attached hydrogen (secondary N) is 1. The molecule has 100 valence electrons. The molecule has 1 aromatic rings. The van der Waals surface area contributed by atoms with Crippen molar-refractivity contribution in [2.24, 2.45) is 0 Å². The summed E-state index contributed by atoms with van der Waals surface area (Å²) < 4.78 is 33.2. The maximum absolute atomic E-state index is 12.2. The number of rotatable bonds is 6. The van der Waals surface area contributed by atoms with Crippen LogP contribution in [0.1, 0.15) is 13.3 Å². The summed E-state index contributed by atoms with van der Waals surface area (Å²) in [5.41, 5.74) is 0.411. The molecule has 4 nitrogen and oxygen atoms in total. The van der Waals surface area contributed by atoms with Crippen LogP contribution < -0.4 is 10.1 Å². The number of para-hydroxylation sites is 2. The summed E-state index contributed by atoms with van der Waals surface area (Å²) in [6.07, 6.45) is 0.138. The molecule has 1 rings (SSSR count). The average molecular weight is 259 g/mol. The molecule has 0 aliphatic rings. The number of benzene rings is 1.